The highest BCUT2D eigenvalue weighted by molar-refractivity contribution is 5.27. The number of ether oxygens (including phenoxy) is 1. The minimum atomic E-state index is 0.435. The molecule has 0 atom stereocenters. The van der Waals surface area contributed by atoms with Crippen LogP contribution in [0.25, 0.3) is 0 Å². The van der Waals surface area contributed by atoms with E-state index in [0.717, 1.165) is 57.7 Å². The van der Waals surface area contributed by atoms with Gasteiger partial charge in [0.25, 0.3) is 0 Å². The van der Waals surface area contributed by atoms with Crippen molar-refractivity contribution in [3.8, 4) is 0 Å². The summed E-state index contributed by atoms with van der Waals surface area (Å²) in [5, 5.41) is 0. The molecule has 110 valence electrons. The second-order valence-corrected chi connectivity index (χ2v) is 5.76. The van der Waals surface area contributed by atoms with E-state index in [1.807, 2.05) is 7.11 Å². The van der Waals surface area contributed by atoms with Crippen molar-refractivity contribution < 1.29 is 4.74 Å². The number of piperidine rings is 1. The normalized spacial score (nSPS) is 21.9. The van der Waals surface area contributed by atoms with Crippen molar-refractivity contribution in [3.63, 3.8) is 0 Å². The molecule has 0 spiro atoms. The Morgan fingerprint density at radius 2 is 2.10 bits per heavy atom. The first-order chi connectivity index (χ1) is 9.76. The summed E-state index contributed by atoms with van der Waals surface area (Å²) >= 11 is 0. The second kappa shape index (κ2) is 6.16. The molecule has 2 aliphatic rings. The third kappa shape index (κ3) is 3.00. The number of rotatable bonds is 3. The molecule has 1 aromatic heterocycles. The number of methoxy groups -OCH3 is 1. The van der Waals surface area contributed by atoms with Crippen molar-refractivity contribution >= 4 is 0 Å². The van der Waals surface area contributed by atoms with Crippen molar-refractivity contribution in [1.82, 2.24) is 19.8 Å². The minimum Gasteiger partial charge on any atom is -0.454 e. The summed E-state index contributed by atoms with van der Waals surface area (Å²) in [6.07, 6.45) is 5.40. The van der Waals surface area contributed by atoms with E-state index in [9.17, 15) is 0 Å². The van der Waals surface area contributed by atoms with E-state index in [4.69, 9.17) is 4.74 Å². The standard InChI is InChI=1S/C15H23N4O/c1-18-6-5-13-14(9-18)16-11-17-15(13)10-19-7-3-12(20-2)4-8-19/h11-12H,1,3-10H2,2H3/q-1. The van der Waals surface area contributed by atoms with Crippen LogP contribution in [0.3, 0.4) is 0 Å². The minimum absolute atomic E-state index is 0.435. The van der Waals surface area contributed by atoms with Crippen molar-refractivity contribution in [3.05, 3.63) is 30.3 Å². The quantitative estimate of drug-likeness (QED) is 0.776. The third-order valence-corrected chi connectivity index (χ3v) is 4.42. The van der Waals surface area contributed by atoms with Gasteiger partial charge in [0.2, 0.25) is 0 Å². The molecule has 1 fully saturated rings. The van der Waals surface area contributed by atoms with Gasteiger partial charge in [0, 0.05) is 33.3 Å². The van der Waals surface area contributed by atoms with E-state index < -0.39 is 0 Å². The van der Waals surface area contributed by atoms with Crippen LogP contribution in [0.4, 0.5) is 0 Å². The largest absolute Gasteiger partial charge is 0.454 e. The molecule has 5 heteroatoms. The number of hydrogen-bond donors (Lipinski definition) is 0. The van der Waals surface area contributed by atoms with E-state index >= 15 is 0 Å². The maximum absolute atomic E-state index is 5.43. The van der Waals surface area contributed by atoms with Gasteiger partial charge in [-0.15, -0.1) is 0 Å². The van der Waals surface area contributed by atoms with Crippen LogP contribution in [-0.4, -0.2) is 52.6 Å². The summed E-state index contributed by atoms with van der Waals surface area (Å²) in [5.74, 6) is 0. The van der Waals surface area contributed by atoms with E-state index in [-0.39, 0.29) is 0 Å². The molecule has 0 aromatic carbocycles. The lowest BCUT2D eigenvalue weighted by Gasteiger charge is -2.34. The summed E-state index contributed by atoms with van der Waals surface area (Å²) < 4.78 is 5.43. The fraction of sp³-hybridized carbons (Fsp3) is 0.667. The van der Waals surface area contributed by atoms with Crippen LogP contribution in [-0.2, 0) is 24.2 Å². The molecule has 3 rings (SSSR count). The van der Waals surface area contributed by atoms with Crippen LogP contribution in [0.1, 0.15) is 29.8 Å². The molecule has 0 amide bonds. The summed E-state index contributed by atoms with van der Waals surface area (Å²) in [5.41, 5.74) is 3.71. The molecule has 1 saturated heterocycles. The number of nitrogens with zero attached hydrogens (tertiary/aromatic N) is 4. The fourth-order valence-corrected chi connectivity index (χ4v) is 3.13. The number of fused-ring (bicyclic) bond motifs is 1. The molecule has 20 heavy (non-hydrogen) atoms. The Kier molecular flexibility index (Phi) is 4.29. The lowest BCUT2D eigenvalue weighted by atomic mass is 10.0. The van der Waals surface area contributed by atoms with Gasteiger partial charge in [-0.05, 0) is 31.4 Å². The number of aromatic nitrogens is 2. The highest BCUT2D eigenvalue weighted by atomic mass is 16.5. The SMILES string of the molecule is [CH2-]N1CCc2c(ncnc2CN2CCC(OC)CC2)C1. The molecule has 0 bridgehead atoms. The van der Waals surface area contributed by atoms with Crippen LogP contribution >= 0.6 is 0 Å². The molecule has 0 saturated carbocycles. The van der Waals surface area contributed by atoms with Gasteiger partial charge < -0.3 is 9.64 Å². The van der Waals surface area contributed by atoms with Crippen molar-refractivity contribution in [2.45, 2.75) is 38.5 Å². The first-order valence-electron chi connectivity index (χ1n) is 7.38. The topological polar surface area (TPSA) is 41.5 Å². The van der Waals surface area contributed by atoms with E-state index in [1.165, 1.54) is 11.3 Å². The fourth-order valence-electron chi connectivity index (χ4n) is 3.13. The Hall–Kier alpha value is -1.04. The second-order valence-electron chi connectivity index (χ2n) is 5.76. The van der Waals surface area contributed by atoms with Gasteiger partial charge in [-0.3, -0.25) is 11.9 Å². The predicted octanol–water partition coefficient (Wildman–Crippen LogP) is 1.24. The van der Waals surface area contributed by atoms with Crippen molar-refractivity contribution in [2.75, 3.05) is 26.7 Å². The lowest BCUT2D eigenvalue weighted by molar-refractivity contribution is 0.0384. The van der Waals surface area contributed by atoms with Crippen LogP contribution in [0.5, 0.6) is 0 Å². The van der Waals surface area contributed by atoms with Gasteiger partial charge >= 0.3 is 0 Å². The maximum Gasteiger partial charge on any atom is 0.116 e. The molecular weight excluding hydrogens is 252 g/mol. The molecular formula is C15H23N4O-. The molecule has 3 heterocycles. The Morgan fingerprint density at radius 3 is 2.85 bits per heavy atom. The molecule has 0 aliphatic carbocycles. The van der Waals surface area contributed by atoms with E-state index in [1.54, 1.807) is 6.33 Å². The first-order valence-corrected chi connectivity index (χ1v) is 7.38. The third-order valence-electron chi connectivity index (χ3n) is 4.42. The zero-order valence-corrected chi connectivity index (χ0v) is 12.2. The maximum atomic E-state index is 5.43. The molecule has 1 aromatic rings. The van der Waals surface area contributed by atoms with Crippen LogP contribution in [0, 0.1) is 7.05 Å². The highest BCUT2D eigenvalue weighted by Gasteiger charge is 2.22. The van der Waals surface area contributed by atoms with E-state index in [2.05, 4.69) is 26.8 Å². The Balaban J connectivity index is 1.68. The average molecular weight is 275 g/mol. The Morgan fingerprint density at radius 1 is 1.30 bits per heavy atom. The first kappa shape index (κ1) is 13.9. The summed E-state index contributed by atoms with van der Waals surface area (Å²) in [6.45, 7) is 4.98. The number of likely N-dealkylation sites (tertiary alicyclic amines) is 1. The van der Waals surface area contributed by atoms with Gasteiger partial charge in [-0.1, -0.05) is 0 Å². The van der Waals surface area contributed by atoms with Gasteiger partial charge in [0.05, 0.1) is 17.5 Å². The predicted molar refractivity (Wildman–Crippen MR) is 76.8 cm³/mol. The van der Waals surface area contributed by atoms with Gasteiger partial charge in [-0.2, -0.15) is 0 Å². The summed E-state index contributed by atoms with van der Waals surface area (Å²) in [4.78, 5) is 13.5. The zero-order chi connectivity index (χ0) is 13.9. The average Bonchev–Trinajstić information content (AvgIpc) is 2.48. The monoisotopic (exact) mass is 275 g/mol. The smallest absolute Gasteiger partial charge is 0.116 e. The van der Waals surface area contributed by atoms with Gasteiger partial charge in [0.15, 0.2) is 0 Å². The Bertz CT molecular complexity index is 457. The zero-order valence-electron chi connectivity index (χ0n) is 12.2. The Labute approximate surface area is 121 Å². The van der Waals surface area contributed by atoms with Gasteiger partial charge in [0.1, 0.15) is 6.33 Å². The van der Waals surface area contributed by atoms with E-state index in [0.29, 0.717) is 6.10 Å². The summed E-state index contributed by atoms with van der Waals surface area (Å²) in [7, 11) is 5.82. The van der Waals surface area contributed by atoms with Crippen LogP contribution in [0.2, 0.25) is 0 Å². The van der Waals surface area contributed by atoms with Crippen LogP contribution in [0.15, 0.2) is 6.33 Å². The highest BCUT2D eigenvalue weighted by Crippen LogP contribution is 2.21. The van der Waals surface area contributed by atoms with Crippen molar-refractivity contribution in [2.24, 2.45) is 0 Å². The molecule has 0 unspecified atom stereocenters. The molecule has 0 radical (unpaired) electrons. The van der Waals surface area contributed by atoms with Crippen LogP contribution < -0.4 is 0 Å². The lowest BCUT2D eigenvalue weighted by Crippen LogP contribution is -2.37. The number of hydrogen-bond acceptors (Lipinski definition) is 5. The molecule has 5 nitrogen and oxygen atoms in total. The summed E-state index contributed by atoms with van der Waals surface area (Å²) in [6, 6.07) is 0. The molecule has 0 N–H and O–H groups in total. The molecule has 2 aliphatic heterocycles. The van der Waals surface area contributed by atoms with Gasteiger partial charge in [-0.25, -0.2) is 9.97 Å². The van der Waals surface area contributed by atoms with Crippen molar-refractivity contribution in [1.29, 1.82) is 0 Å².